The molecule has 5 heteroatoms. The molecule has 0 aromatic heterocycles. The lowest BCUT2D eigenvalue weighted by atomic mass is 10.0. The highest BCUT2D eigenvalue weighted by molar-refractivity contribution is 5.86. The fourth-order valence-electron chi connectivity index (χ4n) is 1.20. The number of aliphatic carboxylic acids is 1. The average molecular weight is 226 g/mol. The van der Waals surface area contributed by atoms with Gasteiger partial charge in [0.2, 0.25) is 5.91 Å². The third-order valence-corrected chi connectivity index (χ3v) is 2.02. The normalized spacial score (nSPS) is 12.7. The van der Waals surface area contributed by atoms with Crippen LogP contribution in [-0.4, -0.2) is 40.0 Å². The molecule has 0 saturated carbocycles. The van der Waals surface area contributed by atoms with Crippen LogP contribution in [0.25, 0.3) is 0 Å². The number of carboxylic acids is 1. The van der Waals surface area contributed by atoms with Crippen molar-refractivity contribution in [1.29, 1.82) is 0 Å². The molecule has 90 valence electrons. The minimum absolute atomic E-state index is 0.102. The van der Waals surface area contributed by atoms with Crippen LogP contribution >= 0.6 is 0 Å². The maximum Gasteiger partial charge on any atom is 0.323 e. The van der Waals surface area contributed by atoms with Gasteiger partial charge in [-0.1, -0.05) is 0 Å². The van der Waals surface area contributed by atoms with Gasteiger partial charge < -0.3 is 15.7 Å². The lowest BCUT2D eigenvalue weighted by Crippen LogP contribution is -2.54. The Labute approximate surface area is 95.6 Å². The van der Waals surface area contributed by atoms with E-state index in [0.717, 1.165) is 0 Å². The third-order valence-electron chi connectivity index (χ3n) is 2.02. The van der Waals surface area contributed by atoms with Crippen LogP contribution in [0.2, 0.25) is 0 Å². The van der Waals surface area contributed by atoms with Crippen molar-refractivity contribution in [3.8, 4) is 12.3 Å². The molecule has 1 amide bonds. The molecule has 1 unspecified atom stereocenters. The molecule has 0 rings (SSSR count). The monoisotopic (exact) mass is 226 g/mol. The predicted octanol–water partition coefficient (Wildman–Crippen LogP) is 0.0487. The molecular formula is C11H18N2O3. The molecule has 0 aromatic rings. The first-order chi connectivity index (χ1) is 7.20. The van der Waals surface area contributed by atoms with Gasteiger partial charge >= 0.3 is 5.97 Å². The molecule has 0 fully saturated rings. The molecule has 0 aliphatic heterocycles. The van der Waals surface area contributed by atoms with Gasteiger partial charge in [-0.3, -0.25) is 9.59 Å². The van der Waals surface area contributed by atoms with E-state index in [-0.39, 0.29) is 13.0 Å². The molecule has 16 heavy (non-hydrogen) atoms. The highest BCUT2D eigenvalue weighted by Gasteiger charge is 2.31. The summed E-state index contributed by atoms with van der Waals surface area (Å²) in [5, 5.41) is 8.73. The predicted molar refractivity (Wildman–Crippen MR) is 60.5 cm³/mol. The minimum atomic E-state index is -1.07. The van der Waals surface area contributed by atoms with E-state index < -0.39 is 23.5 Å². The molecule has 0 heterocycles. The Bertz CT molecular complexity index is 312. The number of carboxylic acid groups (broad SMARTS) is 1. The largest absolute Gasteiger partial charge is 0.480 e. The SMILES string of the molecule is C#CCC(N)C(=O)N(CC(=O)O)C(C)(C)C. The van der Waals surface area contributed by atoms with Gasteiger partial charge in [0.1, 0.15) is 6.54 Å². The van der Waals surface area contributed by atoms with E-state index >= 15 is 0 Å². The Hall–Kier alpha value is -1.54. The molecule has 0 saturated heterocycles. The van der Waals surface area contributed by atoms with Crippen molar-refractivity contribution in [1.82, 2.24) is 4.90 Å². The zero-order valence-electron chi connectivity index (χ0n) is 9.86. The number of nitrogens with zero attached hydrogens (tertiary/aromatic N) is 1. The Morgan fingerprint density at radius 2 is 2.00 bits per heavy atom. The van der Waals surface area contributed by atoms with Crippen molar-refractivity contribution in [3.63, 3.8) is 0 Å². The van der Waals surface area contributed by atoms with Gasteiger partial charge in [0.05, 0.1) is 6.04 Å². The van der Waals surface area contributed by atoms with Crippen molar-refractivity contribution in [2.24, 2.45) is 5.73 Å². The molecule has 1 atom stereocenters. The lowest BCUT2D eigenvalue weighted by molar-refractivity contribution is -0.148. The first kappa shape index (κ1) is 14.5. The second kappa shape index (κ2) is 5.52. The maximum absolute atomic E-state index is 11.9. The zero-order valence-corrected chi connectivity index (χ0v) is 9.86. The Morgan fingerprint density at radius 1 is 1.50 bits per heavy atom. The number of terminal acetylenes is 1. The van der Waals surface area contributed by atoms with Gasteiger partial charge in [-0.25, -0.2) is 0 Å². The fourth-order valence-corrected chi connectivity index (χ4v) is 1.20. The van der Waals surface area contributed by atoms with Gasteiger partial charge in [-0.2, -0.15) is 0 Å². The third kappa shape index (κ3) is 4.32. The second-order valence-corrected chi connectivity index (χ2v) is 4.50. The van der Waals surface area contributed by atoms with E-state index in [1.807, 2.05) is 0 Å². The van der Waals surface area contributed by atoms with E-state index in [0.29, 0.717) is 0 Å². The van der Waals surface area contributed by atoms with Crippen LogP contribution < -0.4 is 5.73 Å². The molecule has 0 aliphatic carbocycles. The van der Waals surface area contributed by atoms with Crippen molar-refractivity contribution in [2.75, 3.05) is 6.54 Å². The van der Waals surface area contributed by atoms with Gasteiger partial charge in [-0.05, 0) is 20.8 Å². The van der Waals surface area contributed by atoms with Gasteiger partial charge in [0.25, 0.3) is 0 Å². The lowest BCUT2D eigenvalue weighted by Gasteiger charge is -2.35. The van der Waals surface area contributed by atoms with Crippen LogP contribution in [0, 0.1) is 12.3 Å². The van der Waals surface area contributed by atoms with E-state index in [4.69, 9.17) is 17.3 Å². The molecule has 0 bridgehead atoms. The van der Waals surface area contributed by atoms with Crippen LogP contribution in [0.3, 0.4) is 0 Å². The summed E-state index contributed by atoms with van der Waals surface area (Å²) >= 11 is 0. The second-order valence-electron chi connectivity index (χ2n) is 4.50. The summed E-state index contributed by atoms with van der Waals surface area (Å²) in [5.41, 5.74) is 4.98. The number of hydrogen-bond donors (Lipinski definition) is 2. The number of hydrogen-bond acceptors (Lipinski definition) is 3. The van der Waals surface area contributed by atoms with Crippen LogP contribution in [0.1, 0.15) is 27.2 Å². The van der Waals surface area contributed by atoms with Crippen LogP contribution in [0.15, 0.2) is 0 Å². The van der Waals surface area contributed by atoms with Crippen LogP contribution in [0.5, 0.6) is 0 Å². The topological polar surface area (TPSA) is 83.6 Å². The van der Waals surface area contributed by atoms with E-state index in [9.17, 15) is 9.59 Å². The van der Waals surface area contributed by atoms with E-state index in [1.54, 1.807) is 20.8 Å². The van der Waals surface area contributed by atoms with Crippen molar-refractivity contribution in [3.05, 3.63) is 0 Å². The van der Waals surface area contributed by atoms with Gasteiger partial charge in [0.15, 0.2) is 0 Å². The molecule has 0 aliphatic rings. The standard InChI is InChI=1S/C11H18N2O3/c1-5-6-8(12)10(16)13(7-9(14)15)11(2,3)4/h1,8H,6-7,12H2,2-4H3,(H,14,15). The summed E-state index contributed by atoms with van der Waals surface area (Å²) in [7, 11) is 0. The van der Waals surface area contributed by atoms with Gasteiger partial charge in [0, 0.05) is 12.0 Å². The summed E-state index contributed by atoms with van der Waals surface area (Å²) in [6, 6.07) is -0.844. The molecule has 0 aromatic carbocycles. The van der Waals surface area contributed by atoms with Crippen LogP contribution in [-0.2, 0) is 9.59 Å². The van der Waals surface area contributed by atoms with Crippen LogP contribution in [0.4, 0.5) is 0 Å². The summed E-state index contributed by atoms with van der Waals surface area (Å²) in [4.78, 5) is 23.7. The summed E-state index contributed by atoms with van der Waals surface area (Å²) in [5.74, 6) is 0.778. The average Bonchev–Trinajstić information content (AvgIpc) is 2.11. The minimum Gasteiger partial charge on any atom is -0.480 e. The molecular weight excluding hydrogens is 208 g/mol. The zero-order chi connectivity index (χ0) is 12.9. The number of amides is 1. The number of carbonyl (C=O) groups is 2. The first-order valence-electron chi connectivity index (χ1n) is 4.92. The summed E-state index contributed by atoms with van der Waals surface area (Å²) in [6.45, 7) is 4.86. The van der Waals surface area contributed by atoms with E-state index in [1.165, 1.54) is 4.90 Å². The first-order valence-corrected chi connectivity index (χ1v) is 4.92. The Balaban J connectivity index is 4.85. The Morgan fingerprint density at radius 3 is 2.31 bits per heavy atom. The fraction of sp³-hybridized carbons (Fsp3) is 0.636. The highest BCUT2D eigenvalue weighted by Crippen LogP contribution is 2.14. The molecule has 5 nitrogen and oxygen atoms in total. The number of carbonyl (C=O) groups excluding carboxylic acids is 1. The van der Waals surface area contributed by atoms with Gasteiger partial charge in [-0.15, -0.1) is 12.3 Å². The summed E-state index contributed by atoms with van der Waals surface area (Å²) in [6.07, 6.45) is 5.16. The molecule has 0 radical (unpaired) electrons. The smallest absolute Gasteiger partial charge is 0.323 e. The quantitative estimate of drug-likeness (QED) is 0.663. The van der Waals surface area contributed by atoms with Crippen molar-refractivity contribution >= 4 is 11.9 Å². The number of nitrogens with two attached hydrogens (primary N) is 1. The molecule has 0 spiro atoms. The molecule has 3 N–H and O–H groups in total. The highest BCUT2D eigenvalue weighted by atomic mass is 16.4. The summed E-state index contributed by atoms with van der Waals surface area (Å²) < 4.78 is 0. The maximum atomic E-state index is 11.9. The van der Waals surface area contributed by atoms with Crippen molar-refractivity contribution < 1.29 is 14.7 Å². The van der Waals surface area contributed by atoms with E-state index in [2.05, 4.69) is 5.92 Å². The number of rotatable bonds is 4. The Kier molecular flexibility index (Phi) is 4.99. The van der Waals surface area contributed by atoms with Crippen molar-refractivity contribution in [2.45, 2.75) is 38.8 Å².